The van der Waals surface area contributed by atoms with E-state index in [9.17, 15) is 8.42 Å². The number of nitrogens with one attached hydrogen (secondary N) is 1. The van der Waals surface area contributed by atoms with Gasteiger partial charge in [0.15, 0.2) is 9.84 Å². The summed E-state index contributed by atoms with van der Waals surface area (Å²) in [7, 11) is 1.15. The van der Waals surface area contributed by atoms with Crippen molar-refractivity contribution in [1.29, 1.82) is 0 Å². The van der Waals surface area contributed by atoms with Crippen LogP contribution in [0.5, 0.6) is 0 Å². The SMILES string of the molecule is CC(C)CCS(=O)(=O)CCNCCN(C)C. The largest absolute Gasteiger partial charge is 0.314 e. The van der Waals surface area contributed by atoms with Gasteiger partial charge in [0, 0.05) is 19.6 Å². The number of sulfone groups is 1. The van der Waals surface area contributed by atoms with Gasteiger partial charge in [-0.1, -0.05) is 13.8 Å². The molecule has 16 heavy (non-hydrogen) atoms. The Labute approximate surface area is 100 Å². The number of hydrogen-bond donors (Lipinski definition) is 1. The summed E-state index contributed by atoms with van der Waals surface area (Å²) in [6.07, 6.45) is 0.764. The van der Waals surface area contributed by atoms with Gasteiger partial charge in [-0.15, -0.1) is 0 Å². The number of hydrogen-bond acceptors (Lipinski definition) is 4. The summed E-state index contributed by atoms with van der Waals surface area (Å²) in [6, 6.07) is 0. The van der Waals surface area contributed by atoms with Crippen LogP contribution in [-0.2, 0) is 9.84 Å². The zero-order chi connectivity index (χ0) is 12.6. The van der Waals surface area contributed by atoms with Crippen molar-refractivity contribution in [3.8, 4) is 0 Å². The molecule has 5 heteroatoms. The Hall–Kier alpha value is -0.130. The van der Waals surface area contributed by atoms with Gasteiger partial charge < -0.3 is 10.2 Å². The molecular weight excluding hydrogens is 224 g/mol. The van der Waals surface area contributed by atoms with Crippen molar-refractivity contribution < 1.29 is 8.42 Å². The maximum absolute atomic E-state index is 11.6. The molecular formula is C11H26N2O2S. The average molecular weight is 250 g/mol. The Morgan fingerprint density at radius 2 is 1.75 bits per heavy atom. The highest BCUT2D eigenvalue weighted by Gasteiger charge is 2.10. The first-order valence-corrected chi connectivity index (χ1v) is 7.71. The van der Waals surface area contributed by atoms with Crippen molar-refractivity contribution in [1.82, 2.24) is 10.2 Å². The lowest BCUT2D eigenvalue weighted by atomic mass is 10.2. The molecule has 0 radical (unpaired) electrons. The first kappa shape index (κ1) is 15.9. The normalized spacial score (nSPS) is 12.6. The molecule has 0 heterocycles. The van der Waals surface area contributed by atoms with E-state index in [0.717, 1.165) is 19.5 Å². The van der Waals surface area contributed by atoms with Crippen LogP contribution < -0.4 is 5.32 Å². The van der Waals surface area contributed by atoms with Crippen LogP contribution in [0.1, 0.15) is 20.3 Å². The highest BCUT2D eigenvalue weighted by Crippen LogP contribution is 2.03. The predicted molar refractivity (Wildman–Crippen MR) is 69.5 cm³/mol. The van der Waals surface area contributed by atoms with Gasteiger partial charge in [0.2, 0.25) is 0 Å². The fraction of sp³-hybridized carbons (Fsp3) is 1.00. The molecule has 0 aliphatic carbocycles. The Kier molecular flexibility index (Phi) is 7.97. The first-order chi connectivity index (χ1) is 7.33. The van der Waals surface area contributed by atoms with E-state index in [1.807, 2.05) is 27.9 Å². The third-order valence-corrected chi connectivity index (χ3v) is 4.02. The van der Waals surface area contributed by atoms with E-state index in [1.54, 1.807) is 0 Å². The Morgan fingerprint density at radius 1 is 1.12 bits per heavy atom. The van der Waals surface area contributed by atoms with Crippen LogP contribution in [0, 0.1) is 5.92 Å². The Morgan fingerprint density at radius 3 is 2.25 bits per heavy atom. The summed E-state index contributed by atoms with van der Waals surface area (Å²) < 4.78 is 23.2. The minimum Gasteiger partial charge on any atom is -0.314 e. The van der Waals surface area contributed by atoms with Gasteiger partial charge in [-0.05, 0) is 26.4 Å². The highest BCUT2D eigenvalue weighted by molar-refractivity contribution is 7.91. The molecule has 0 aromatic heterocycles. The van der Waals surface area contributed by atoms with Gasteiger partial charge in [0.05, 0.1) is 11.5 Å². The molecule has 0 unspecified atom stereocenters. The molecule has 0 amide bonds. The second-order valence-corrected chi connectivity index (χ2v) is 7.19. The molecule has 98 valence electrons. The first-order valence-electron chi connectivity index (χ1n) is 5.89. The van der Waals surface area contributed by atoms with E-state index in [-0.39, 0.29) is 5.75 Å². The number of nitrogens with zero attached hydrogens (tertiary/aromatic N) is 1. The third kappa shape index (κ3) is 10.4. The topological polar surface area (TPSA) is 49.4 Å². The third-order valence-electron chi connectivity index (χ3n) is 2.33. The van der Waals surface area contributed by atoms with Gasteiger partial charge in [-0.3, -0.25) is 0 Å². The van der Waals surface area contributed by atoms with Crippen LogP contribution in [0.3, 0.4) is 0 Å². The van der Waals surface area contributed by atoms with Crippen LogP contribution in [0.4, 0.5) is 0 Å². The van der Waals surface area contributed by atoms with E-state index < -0.39 is 9.84 Å². The van der Waals surface area contributed by atoms with Gasteiger partial charge in [0.25, 0.3) is 0 Å². The number of rotatable bonds is 9. The fourth-order valence-corrected chi connectivity index (χ4v) is 2.66. The van der Waals surface area contributed by atoms with Gasteiger partial charge in [0.1, 0.15) is 0 Å². The monoisotopic (exact) mass is 250 g/mol. The minimum atomic E-state index is -2.85. The Bertz CT molecular complexity index is 261. The van der Waals surface area contributed by atoms with E-state index in [2.05, 4.69) is 10.2 Å². The molecule has 0 aromatic rings. The van der Waals surface area contributed by atoms with Crippen molar-refractivity contribution in [2.24, 2.45) is 5.92 Å². The van der Waals surface area contributed by atoms with Crippen molar-refractivity contribution in [2.45, 2.75) is 20.3 Å². The van der Waals surface area contributed by atoms with Gasteiger partial charge >= 0.3 is 0 Å². The molecule has 1 N–H and O–H groups in total. The zero-order valence-corrected chi connectivity index (χ0v) is 11.8. The quantitative estimate of drug-likeness (QED) is 0.609. The minimum absolute atomic E-state index is 0.257. The fourth-order valence-electron chi connectivity index (χ4n) is 1.17. The second kappa shape index (κ2) is 8.03. The summed E-state index contributed by atoms with van der Waals surface area (Å²) in [5.41, 5.74) is 0. The molecule has 0 bridgehead atoms. The molecule has 0 rings (SSSR count). The van der Waals surface area contributed by atoms with Crippen molar-refractivity contribution in [3.63, 3.8) is 0 Å². The van der Waals surface area contributed by atoms with Gasteiger partial charge in [-0.25, -0.2) is 8.42 Å². The van der Waals surface area contributed by atoms with Crippen LogP contribution in [-0.4, -0.2) is 58.6 Å². The van der Waals surface area contributed by atoms with Crippen molar-refractivity contribution >= 4 is 9.84 Å². The second-order valence-electron chi connectivity index (χ2n) is 4.89. The lowest BCUT2D eigenvalue weighted by Gasteiger charge is -2.10. The van der Waals surface area contributed by atoms with Crippen molar-refractivity contribution in [2.75, 3.05) is 45.2 Å². The van der Waals surface area contributed by atoms with E-state index in [1.165, 1.54) is 0 Å². The molecule has 0 aliphatic rings. The smallest absolute Gasteiger partial charge is 0.151 e. The Balaban J connectivity index is 3.59. The zero-order valence-electron chi connectivity index (χ0n) is 11.0. The molecule has 0 spiro atoms. The molecule has 0 saturated carbocycles. The summed E-state index contributed by atoms with van der Waals surface area (Å²) in [5, 5.41) is 3.14. The van der Waals surface area contributed by atoms with Crippen LogP contribution in [0.15, 0.2) is 0 Å². The van der Waals surface area contributed by atoms with E-state index in [0.29, 0.717) is 18.2 Å². The summed E-state index contributed by atoms with van der Waals surface area (Å²) in [6.45, 7) is 6.43. The van der Waals surface area contributed by atoms with Gasteiger partial charge in [-0.2, -0.15) is 0 Å². The number of likely N-dealkylation sites (N-methyl/N-ethyl adjacent to an activating group) is 1. The van der Waals surface area contributed by atoms with Crippen LogP contribution >= 0.6 is 0 Å². The van der Waals surface area contributed by atoms with E-state index >= 15 is 0 Å². The molecule has 4 nitrogen and oxygen atoms in total. The van der Waals surface area contributed by atoms with Crippen LogP contribution in [0.2, 0.25) is 0 Å². The predicted octanol–water partition coefficient (Wildman–Crippen LogP) is 0.599. The molecule has 0 aromatic carbocycles. The summed E-state index contributed by atoms with van der Waals surface area (Å²) in [5.74, 6) is 1.03. The lowest BCUT2D eigenvalue weighted by Crippen LogP contribution is -2.30. The summed E-state index contributed by atoms with van der Waals surface area (Å²) >= 11 is 0. The van der Waals surface area contributed by atoms with Crippen molar-refractivity contribution in [3.05, 3.63) is 0 Å². The lowest BCUT2D eigenvalue weighted by molar-refractivity contribution is 0.402. The standard InChI is InChI=1S/C11H26N2O2S/c1-11(2)5-9-16(14,15)10-7-12-6-8-13(3)4/h11-12H,5-10H2,1-4H3. The molecule has 0 fully saturated rings. The van der Waals surface area contributed by atoms with E-state index in [4.69, 9.17) is 0 Å². The molecule has 0 saturated heterocycles. The maximum Gasteiger partial charge on any atom is 0.151 e. The highest BCUT2D eigenvalue weighted by atomic mass is 32.2. The van der Waals surface area contributed by atoms with Crippen LogP contribution in [0.25, 0.3) is 0 Å². The summed E-state index contributed by atoms with van der Waals surface area (Å²) in [4.78, 5) is 2.07. The average Bonchev–Trinajstić information content (AvgIpc) is 2.14. The molecule has 0 atom stereocenters. The maximum atomic E-state index is 11.6. The molecule has 0 aliphatic heterocycles.